The number of hydrogen-bond acceptors (Lipinski definition) is 22. The molecule has 4 amide bonds. The fourth-order valence-electron chi connectivity index (χ4n) is 7.66. The molecular weight excluding hydrogens is 1080 g/mol. The number of H-pyrrole nitrogens is 2. The van der Waals surface area contributed by atoms with Gasteiger partial charge in [0.05, 0.1) is 48.0 Å². The maximum atomic E-state index is 12.9. The number of aliphatic carboxylic acids is 4. The van der Waals surface area contributed by atoms with Crippen LogP contribution in [0.3, 0.4) is 0 Å². The van der Waals surface area contributed by atoms with E-state index < -0.39 is 104 Å². The third kappa shape index (κ3) is 13.1. The Morgan fingerprint density at radius 1 is 0.681 bits per heavy atom. The van der Waals surface area contributed by atoms with Crippen molar-refractivity contribution in [2.24, 2.45) is 11.8 Å². The number of rotatable bonds is 18. The molecule has 6 unspecified atom stereocenters. The SMILES string of the molecule is CC(C(=O)O)C(Sc1nn[nH]n1)C1=C(C(=O)[O-])N2C(=O)C(NC(=O)Cc3ccccc3O)[C@H]2SC1.CC(C(=O)O)C(Sc1nn[nH]n1)C1=C(C(=O)[O-])N2C(=O)C(NC(=O)Cc3ccccc3O)[C@H]2SC1.[K+].[K+]. The van der Waals surface area contributed by atoms with Crippen molar-refractivity contribution >= 4 is 94.6 Å². The molecule has 8 atom stereocenters. The number of tetrazole rings is 2. The summed E-state index contributed by atoms with van der Waals surface area (Å²) >= 11 is 4.22. The van der Waals surface area contributed by atoms with E-state index >= 15 is 0 Å². The Hall–Kier alpha value is -3.91. The summed E-state index contributed by atoms with van der Waals surface area (Å²) in [7, 11) is 0. The first-order valence-corrected chi connectivity index (χ1v) is 24.4. The number of aromatic nitrogens is 8. The summed E-state index contributed by atoms with van der Waals surface area (Å²) in [6.07, 6.45) is -0.330. The predicted molar refractivity (Wildman–Crippen MR) is 239 cm³/mol. The van der Waals surface area contributed by atoms with Gasteiger partial charge in [0.15, 0.2) is 0 Å². The van der Waals surface area contributed by atoms with Gasteiger partial charge in [-0.1, -0.05) is 73.8 Å². The van der Waals surface area contributed by atoms with E-state index in [1.807, 2.05) is 0 Å². The van der Waals surface area contributed by atoms with Gasteiger partial charge in [-0.25, -0.2) is 0 Å². The molecule has 0 saturated carbocycles. The van der Waals surface area contributed by atoms with Gasteiger partial charge in [-0.3, -0.25) is 38.6 Å². The van der Waals surface area contributed by atoms with Crippen LogP contribution in [0.2, 0.25) is 0 Å². The van der Waals surface area contributed by atoms with Gasteiger partial charge < -0.3 is 50.9 Å². The monoisotopic (exact) mass is 1120 g/mol. The number of phenols is 2. The van der Waals surface area contributed by atoms with Crippen molar-refractivity contribution in [1.82, 2.24) is 61.7 Å². The fourth-order valence-corrected chi connectivity index (χ4v) is 12.8. The number of carboxylic acid groups (broad SMARTS) is 4. The van der Waals surface area contributed by atoms with Gasteiger partial charge in [0, 0.05) is 33.1 Å². The second-order valence-electron chi connectivity index (χ2n) is 15.6. The molecule has 26 nitrogen and oxygen atoms in total. The van der Waals surface area contributed by atoms with E-state index in [0.29, 0.717) is 11.1 Å². The molecule has 6 heterocycles. The van der Waals surface area contributed by atoms with E-state index in [0.717, 1.165) is 33.3 Å². The molecule has 368 valence electrons. The number of benzene rings is 2. The van der Waals surface area contributed by atoms with Crippen LogP contribution in [0.5, 0.6) is 11.5 Å². The Morgan fingerprint density at radius 2 is 1.04 bits per heavy atom. The van der Waals surface area contributed by atoms with Crippen molar-refractivity contribution in [3.8, 4) is 11.5 Å². The maximum Gasteiger partial charge on any atom is 1.00 e. The number of para-hydroxylation sites is 2. The van der Waals surface area contributed by atoms with Gasteiger partial charge in [0.1, 0.15) is 34.3 Å². The van der Waals surface area contributed by atoms with Gasteiger partial charge in [-0.2, -0.15) is 10.4 Å². The van der Waals surface area contributed by atoms with Gasteiger partial charge in [0.25, 0.3) is 11.8 Å². The Balaban J connectivity index is 0.000000260. The molecule has 2 aromatic heterocycles. The van der Waals surface area contributed by atoms with Crippen LogP contribution in [0.15, 0.2) is 81.4 Å². The summed E-state index contributed by atoms with van der Waals surface area (Å²) in [6, 6.07) is 10.6. The van der Waals surface area contributed by atoms with Crippen LogP contribution < -0.4 is 124 Å². The number of nitrogens with zero attached hydrogens (tertiary/aromatic N) is 8. The van der Waals surface area contributed by atoms with E-state index in [2.05, 4.69) is 51.9 Å². The number of amides is 4. The number of hydrogen-bond donors (Lipinski definition) is 8. The number of thioether (sulfide) groups is 4. The average molecular weight is 1120 g/mol. The molecule has 32 heteroatoms. The van der Waals surface area contributed by atoms with Gasteiger partial charge >= 0.3 is 115 Å². The smallest absolute Gasteiger partial charge is 0.543 e. The van der Waals surface area contributed by atoms with Crippen LogP contribution in [0.1, 0.15) is 25.0 Å². The normalized spacial score (nSPS) is 20.5. The van der Waals surface area contributed by atoms with Gasteiger partial charge in [0.2, 0.25) is 22.1 Å². The molecule has 2 saturated heterocycles. The molecule has 0 radical (unpaired) electrons. The van der Waals surface area contributed by atoms with Crippen LogP contribution >= 0.6 is 47.0 Å². The number of carboxylic acids is 4. The van der Waals surface area contributed by atoms with E-state index in [1.165, 1.54) is 49.5 Å². The van der Waals surface area contributed by atoms with E-state index in [4.69, 9.17) is 0 Å². The first-order valence-electron chi connectivity index (χ1n) is 20.5. The molecule has 2 aromatic carbocycles. The number of nitrogens with one attached hydrogen (secondary N) is 4. The van der Waals surface area contributed by atoms with E-state index in [9.17, 15) is 69.0 Å². The summed E-state index contributed by atoms with van der Waals surface area (Å²) in [5.41, 5.74) is 0.294. The van der Waals surface area contributed by atoms with Crippen molar-refractivity contribution in [3.05, 3.63) is 82.2 Å². The second-order valence-corrected chi connectivity index (χ2v) is 20.0. The van der Waals surface area contributed by atoms with Crippen molar-refractivity contribution in [3.63, 3.8) is 0 Å². The first-order chi connectivity index (χ1) is 33.4. The largest absolute Gasteiger partial charge is 1.00 e. The van der Waals surface area contributed by atoms with Crippen LogP contribution in [0.25, 0.3) is 0 Å². The number of β-lactam (4-membered cyclic amide) rings is 2. The number of phenolic OH excluding ortho intramolecular Hbond substituents is 2. The Bertz CT molecular complexity index is 2610. The molecule has 8 N–H and O–H groups in total. The number of aromatic amines is 2. The number of fused-ring (bicyclic) bond motifs is 2. The summed E-state index contributed by atoms with van der Waals surface area (Å²) < 4.78 is 0. The molecule has 0 bridgehead atoms. The van der Waals surface area contributed by atoms with Crippen molar-refractivity contribution in [2.75, 3.05) is 11.5 Å². The molecule has 0 spiro atoms. The molecule has 4 aromatic rings. The zero-order chi connectivity index (χ0) is 50.6. The maximum absolute atomic E-state index is 12.9. The number of carbonyl (C=O) groups excluding carboxylic acids is 6. The van der Waals surface area contributed by atoms with Crippen molar-refractivity contribution in [1.29, 1.82) is 0 Å². The molecule has 72 heavy (non-hydrogen) atoms. The van der Waals surface area contributed by atoms with Crippen LogP contribution in [0, 0.1) is 11.8 Å². The third-order valence-electron chi connectivity index (χ3n) is 11.2. The number of aromatic hydroxyl groups is 2. The van der Waals surface area contributed by atoms with E-state index in [1.54, 1.807) is 36.4 Å². The Labute approximate surface area is 508 Å². The summed E-state index contributed by atoms with van der Waals surface area (Å²) in [5.74, 6) is -10.0. The zero-order valence-corrected chi connectivity index (χ0v) is 47.7. The molecule has 2 fully saturated rings. The second kappa shape index (κ2) is 26.0. The average Bonchev–Trinajstić information content (AvgIpc) is 4.06. The quantitative estimate of drug-likeness (QED) is 0.0261. The van der Waals surface area contributed by atoms with Crippen LogP contribution in [-0.4, -0.2) is 164 Å². The number of carbonyl (C=O) groups is 8. The van der Waals surface area contributed by atoms with E-state index in [-0.39, 0.29) is 160 Å². The summed E-state index contributed by atoms with van der Waals surface area (Å²) in [6.45, 7) is 2.83. The minimum absolute atomic E-state index is 0. The summed E-state index contributed by atoms with van der Waals surface area (Å²) in [4.78, 5) is 101. The fraction of sp³-hybridized carbons (Fsp3) is 0.350. The molecule has 4 aliphatic rings. The van der Waals surface area contributed by atoms with Gasteiger partial charge in [-0.15, -0.1) is 43.9 Å². The van der Waals surface area contributed by atoms with Crippen LogP contribution in [0.4, 0.5) is 0 Å². The molecule has 0 aliphatic carbocycles. The topological polar surface area (TPSA) is 403 Å². The molecule has 8 rings (SSSR count). The van der Waals surface area contributed by atoms with Crippen molar-refractivity contribution in [2.45, 2.75) is 70.3 Å². The molecule has 4 aliphatic heterocycles. The minimum Gasteiger partial charge on any atom is -0.543 e. The molecular formula is C40H38K2N12O14S4. The Kier molecular flexibility index (Phi) is 21.3. The third-order valence-corrected chi connectivity index (χ3v) is 16.5. The van der Waals surface area contributed by atoms with Crippen LogP contribution in [-0.2, 0) is 51.2 Å². The zero-order valence-electron chi connectivity index (χ0n) is 38.1. The standard InChI is InChI=1S/2C20H20N6O7S2.2K/c2*1-8(18(30)31)15(35-20-22-24-25-23-20)10-7-34-17-13(16(29)26(17)14(10)19(32)33)21-12(28)6-9-4-2-3-5-11(9)27;;/h2*2-5,8,13,15,17,27H,6-7H2,1H3,(H,21,28)(H,30,31)(H,32,33)(H,22,23,24,25);;/q;;2*+1/p-2/t2*8?,13?,15?,17-;;/m11../s1. The summed E-state index contributed by atoms with van der Waals surface area (Å²) in [5, 5.41) is 91.8. The van der Waals surface area contributed by atoms with Crippen molar-refractivity contribution < 1.29 is 172 Å². The predicted octanol–water partition coefficient (Wildman–Crippen LogP) is -8.53. The minimum atomic E-state index is -1.63. The first kappa shape index (κ1) is 59.0. The Morgan fingerprint density at radius 3 is 1.35 bits per heavy atom. The van der Waals surface area contributed by atoms with Gasteiger partial charge in [-0.05, 0) is 33.7 Å².